The third-order valence-electron chi connectivity index (χ3n) is 2.88. The number of hydrogen-bond donors (Lipinski definition) is 1. The first kappa shape index (κ1) is 16.8. The average molecular weight is 340 g/mol. The molecule has 0 aliphatic carbocycles. The van der Waals surface area contributed by atoms with Gasteiger partial charge >= 0.3 is 0 Å². The molecule has 0 unspecified atom stereocenters. The molecule has 118 valence electrons. The zero-order chi connectivity index (χ0) is 15.8. The maximum Gasteiger partial charge on any atom is 0.260 e. The van der Waals surface area contributed by atoms with Crippen molar-refractivity contribution in [3.8, 4) is 5.75 Å². The number of ether oxygens (including phenoxy) is 1. The van der Waals surface area contributed by atoms with Gasteiger partial charge in [0.05, 0.1) is 17.0 Å². The molecule has 6 heteroatoms. The summed E-state index contributed by atoms with van der Waals surface area (Å²) < 4.78 is 10.8. The monoisotopic (exact) mass is 339 g/mol. The number of furan rings is 1. The molecule has 2 rings (SSSR count). The van der Waals surface area contributed by atoms with E-state index in [1.165, 1.54) is 0 Å². The highest BCUT2D eigenvalue weighted by Crippen LogP contribution is 2.24. The van der Waals surface area contributed by atoms with Crippen LogP contribution in [0.4, 0.5) is 0 Å². The minimum Gasteiger partial charge on any atom is -0.479 e. The van der Waals surface area contributed by atoms with Crippen LogP contribution in [0.5, 0.6) is 5.75 Å². The third-order valence-corrected chi connectivity index (χ3v) is 4.17. The van der Waals surface area contributed by atoms with Gasteiger partial charge in [-0.3, -0.25) is 4.79 Å². The van der Waals surface area contributed by atoms with Crippen LogP contribution in [-0.2, 0) is 10.5 Å². The van der Waals surface area contributed by atoms with Gasteiger partial charge in [-0.15, -0.1) is 0 Å². The molecule has 1 N–H and O–H groups in total. The Morgan fingerprint density at radius 1 is 1.36 bits per heavy atom. The zero-order valence-corrected chi connectivity index (χ0v) is 13.8. The fourth-order valence-corrected chi connectivity index (χ4v) is 2.68. The molecule has 1 atom stereocenters. The van der Waals surface area contributed by atoms with Crippen LogP contribution >= 0.6 is 23.4 Å². The Morgan fingerprint density at radius 3 is 2.91 bits per heavy atom. The Hall–Kier alpha value is -1.59. The van der Waals surface area contributed by atoms with Crippen LogP contribution in [0.2, 0.25) is 5.02 Å². The largest absolute Gasteiger partial charge is 0.479 e. The van der Waals surface area contributed by atoms with E-state index in [2.05, 4.69) is 5.32 Å². The van der Waals surface area contributed by atoms with E-state index in [0.717, 1.165) is 17.3 Å². The van der Waals surface area contributed by atoms with Crippen LogP contribution in [-0.4, -0.2) is 24.3 Å². The second-order valence-electron chi connectivity index (χ2n) is 4.61. The SMILES string of the molecule is C[C@H](Oc1ccccc1Cl)C(=O)NCCSCc1ccco1. The maximum absolute atomic E-state index is 11.9. The van der Waals surface area contributed by atoms with Crippen molar-refractivity contribution >= 4 is 29.3 Å². The molecule has 0 fully saturated rings. The summed E-state index contributed by atoms with van der Waals surface area (Å²) in [6, 6.07) is 10.9. The standard InChI is InChI=1S/C16H18ClNO3S/c1-12(21-15-7-3-2-6-14(15)17)16(19)18-8-10-22-11-13-5-4-9-20-13/h2-7,9,12H,8,10-11H2,1H3,(H,18,19)/t12-/m0/s1. The fraction of sp³-hybridized carbons (Fsp3) is 0.312. The van der Waals surface area contributed by atoms with Gasteiger partial charge in [0.2, 0.25) is 0 Å². The highest BCUT2D eigenvalue weighted by molar-refractivity contribution is 7.98. The Labute approximate surface area is 139 Å². The second-order valence-corrected chi connectivity index (χ2v) is 6.13. The van der Waals surface area contributed by atoms with Crippen LogP contribution in [0.25, 0.3) is 0 Å². The highest BCUT2D eigenvalue weighted by atomic mass is 35.5. The van der Waals surface area contributed by atoms with Gasteiger partial charge in [0.15, 0.2) is 6.10 Å². The minimum atomic E-state index is -0.588. The van der Waals surface area contributed by atoms with Gasteiger partial charge in [0.1, 0.15) is 11.5 Å². The first-order valence-electron chi connectivity index (χ1n) is 6.96. The number of halogens is 1. The summed E-state index contributed by atoms with van der Waals surface area (Å²) in [5.41, 5.74) is 0. The van der Waals surface area contributed by atoms with Gasteiger partial charge in [0, 0.05) is 12.3 Å². The first-order valence-corrected chi connectivity index (χ1v) is 8.49. The Bertz CT molecular complexity index is 589. The van der Waals surface area contributed by atoms with E-state index in [0.29, 0.717) is 17.3 Å². The molecular weight excluding hydrogens is 322 g/mol. The first-order chi connectivity index (χ1) is 10.7. The van der Waals surface area contributed by atoms with Gasteiger partial charge in [-0.2, -0.15) is 11.8 Å². The molecule has 0 bridgehead atoms. The molecule has 0 aliphatic heterocycles. The highest BCUT2D eigenvalue weighted by Gasteiger charge is 2.15. The number of nitrogens with one attached hydrogen (secondary N) is 1. The molecule has 0 saturated carbocycles. The molecule has 22 heavy (non-hydrogen) atoms. The number of para-hydroxylation sites is 1. The molecule has 0 aliphatic rings. The smallest absolute Gasteiger partial charge is 0.260 e. The topological polar surface area (TPSA) is 51.5 Å². The number of amides is 1. The molecule has 1 aromatic heterocycles. The lowest BCUT2D eigenvalue weighted by Gasteiger charge is -2.15. The lowest BCUT2D eigenvalue weighted by molar-refractivity contribution is -0.127. The van der Waals surface area contributed by atoms with Crippen LogP contribution in [0.3, 0.4) is 0 Å². The number of benzene rings is 1. The second kappa shape index (κ2) is 8.76. The van der Waals surface area contributed by atoms with E-state index in [4.69, 9.17) is 20.8 Å². The summed E-state index contributed by atoms with van der Waals surface area (Å²) >= 11 is 7.70. The van der Waals surface area contributed by atoms with E-state index in [1.54, 1.807) is 37.1 Å². The summed E-state index contributed by atoms with van der Waals surface area (Å²) in [4.78, 5) is 11.9. The van der Waals surface area contributed by atoms with Crippen molar-refractivity contribution in [3.05, 3.63) is 53.4 Å². The molecular formula is C16H18ClNO3S. The minimum absolute atomic E-state index is 0.154. The molecule has 1 aromatic carbocycles. The van der Waals surface area contributed by atoms with Crippen molar-refractivity contribution in [1.82, 2.24) is 5.32 Å². The quantitative estimate of drug-likeness (QED) is 0.744. The summed E-state index contributed by atoms with van der Waals surface area (Å²) in [5, 5.41) is 3.34. The van der Waals surface area contributed by atoms with E-state index >= 15 is 0 Å². The Morgan fingerprint density at radius 2 is 2.18 bits per heavy atom. The maximum atomic E-state index is 11.9. The summed E-state index contributed by atoms with van der Waals surface area (Å²) in [7, 11) is 0. The van der Waals surface area contributed by atoms with Gasteiger partial charge < -0.3 is 14.5 Å². The normalized spacial score (nSPS) is 11.9. The van der Waals surface area contributed by atoms with E-state index in [1.807, 2.05) is 24.3 Å². The molecule has 0 spiro atoms. The summed E-state index contributed by atoms with van der Waals surface area (Å²) in [6.07, 6.45) is 1.07. The van der Waals surface area contributed by atoms with Crippen molar-refractivity contribution in [2.24, 2.45) is 0 Å². The van der Waals surface area contributed by atoms with Gasteiger partial charge in [-0.1, -0.05) is 23.7 Å². The average Bonchev–Trinajstić information content (AvgIpc) is 3.02. The molecule has 2 aromatic rings. The lowest BCUT2D eigenvalue weighted by atomic mass is 10.3. The molecule has 1 heterocycles. The molecule has 1 amide bonds. The number of thioether (sulfide) groups is 1. The lowest BCUT2D eigenvalue weighted by Crippen LogP contribution is -2.37. The summed E-state index contributed by atoms with van der Waals surface area (Å²) in [6.45, 7) is 2.29. The third kappa shape index (κ3) is 5.31. The van der Waals surface area contributed by atoms with Crippen LogP contribution in [0.15, 0.2) is 47.1 Å². The molecule has 0 radical (unpaired) electrons. The van der Waals surface area contributed by atoms with Gasteiger partial charge in [0.25, 0.3) is 5.91 Å². The van der Waals surface area contributed by atoms with E-state index in [9.17, 15) is 4.79 Å². The van der Waals surface area contributed by atoms with Crippen molar-refractivity contribution in [2.75, 3.05) is 12.3 Å². The van der Waals surface area contributed by atoms with Crippen molar-refractivity contribution in [2.45, 2.75) is 18.8 Å². The molecule has 4 nitrogen and oxygen atoms in total. The fourth-order valence-electron chi connectivity index (χ4n) is 1.74. The van der Waals surface area contributed by atoms with E-state index < -0.39 is 6.10 Å². The Balaban J connectivity index is 1.65. The van der Waals surface area contributed by atoms with Gasteiger partial charge in [-0.25, -0.2) is 0 Å². The van der Waals surface area contributed by atoms with E-state index in [-0.39, 0.29) is 5.91 Å². The predicted octanol–water partition coefficient (Wildman–Crippen LogP) is 3.75. The summed E-state index contributed by atoms with van der Waals surface area (Å²) in [5.74, 6) is 2.91. The Kier molecular flexibility index (Phi) is 6.68. The van der Waals surface area contributed by atoms with Crippen LogP contribution in [0, 0.1) is 0 Å². The number of carbonyl (C=O) groups excluding carboxylic acids is 1. The zero-order valence-electron chi connectivity index (χ0n) is 12.3. The predicted molar refractivity (Wildman–Crippen MR) is 89.4 cm³/mol. The van der Waals surface area contributed by atoms with Crippen LogP contribution in [0.1, 0.15) is 12.7 Å². The van der Waals surface area contributed by atoms with Crippen molar-refractivity contribution < 1.29 is 13.9 Å². The number of rotatable bonds is 8. The number of hydrogen-bond acceptors (Lipinski definition) is 4. The van der Waals surface area contributed by atoms with Crippen LogP contribution < -0.4 is 10.1 Å². The molecule has 0 saturated heterocycles. The van der Waals surface area contributed by atoms with Crippen molar-refractivity contribution in [3.63, 3.8) is 0 Å². The van der Waals surface area contributed by atoms with Crippen molar-refractivity contribution in [1.29, 1.82) is 0 Å². The van der Waals surface area contributed by atoms with Gasteiger partial charge in [-0.05, 0) is 31.2 Å². The number of carbonyl (C=O) groups is 1.